The molecule has 18 heavy (non-hydrogen) atoms. The van der Waals surface area contributed by atoms with Crippen LogP contribution in [0.15, 0.2) is 24.5 Å². The van der Waals surface area contributed by atoms with Crippen molar-refractivity contribution >= 4 is 5.91 Å². The summed E-state index contributed by atoms with van der Waals surface area (Å²) in [7, 11) is 0. The van der Waals surface area contributed by atoms with Gasteiger partial charge in [-0.3, -0.25) is 9.78 Å². The van der Waals surface area contributed by atoms with Crippen molar-refractivity contribution in [3.05, 3.63) is 30.1 Å². The zero-order valence-electron chi connectivity index (χ0n) is 10.5. The largest absolute Gasteiger partial charge is 0.387 e. The average Bonchev–Trinajstić information content (AvgIpc) is 2.85. The van der Waals surface area contributed by atoms with Crippen molar-refractivity contribution in [2.24, 2.45) is 0 Å². The van der Waals surface area contributed by atoms with Crippen LogP contribution in [-0.2, 0) is 4.79 Å². The number of aliphatic hydroxyl groups is 1. The van der Waals surface area contributed by atoms with Gasteiger partial charge in [0.2, 0.25) is 5.91 Å². The molecule has 1 aromatic heterocycles. The molecule has 2 heterocycles. The van der Waals surface area contributed by atoms with Crippen molar-refractivity contribution in [1.82, 2.24) is 15.6 Å². The van der Waals surface area contributed by atoms with Gasteiger partial charge in [-0.15, -0.1) is 0 Å². The van der Waals surface area contributed by atoms with Crippen LogP contribution >= 0.6 is 0 Å². The van der Waals surface area contributed by atoms with Gasteiger partial charge in [0.15, 0.2) is 0 Å². The van der Waals surface area contributed by atoms with Gasteiger partial charge in [0, 0.05) is 18.9 Å². The van der Waals surface area contributed by atoms with E-state index in [1.165, 1.54) is 0 Å². The Labute approximate surface area is 107 Å². The zero-order chi connectivity index (χ0) is 13.0. The molecule has 2 unspecified atom stereocenters. The second-order valence-electron chi connectivity index (χ2n) is 4.87. The molecule has 3 N–H and O–H groups in total. The number of pyridine rings is 1. The highest BCUT2D eigenvalue weighted by Gasteiger charge is 2.35. The molecule has 1 aromatic rings. The maximum Gasteiger partial charge on any atom is 0.240 e. The number of carbonyl (C=O) groups excluding carboxylic acids is 1. The van der Waals surface area contributed by atoms with Crippen LogP contribution in [0.25, 0.3) is 0 Å². The molecule has 0 radical (unpaired) electrons. The Morgan fingerprint density at radius 1 is 1.61 bits per heavy atom. The number of nitrogens with zero attached hydrogens (tertiary/aromatic N) is 1. The normalized spacial score (nSPS) is 24.8. The number of hydrogen-bond acceptors (Lipinski definition) is 4. The fourth-order valence-electron chi connectivity index (χ4n) is 2.18. The Kier molecular flexibility index (Phi) is 3.93. The molecule has 0 aliphatic carbocycles. The SMILES string of the molecule is CC1(C(=O)NCC(O)c2ccncc2)CCCN1. The first-order chi connectivity index (χ1) is 8.62. The molecule has 1 amide bonds. The van der Waals surface area contributed by atoms with Crippen LogP contribution in [0.4, 0.5) is 0 Å². The fraction of sp³-hybridized carbons (Fsp3) is 0.538. The van der Waals surface area contributed by atoms with Crippen LogP contribution in [0.5, 0.6) is 0 Å². The summed E-state index contributed by atoms with van der Waals surface area (Å²) in [5.74, 6) is -0.0480. The first-order valence-corrected chi connectivity index (χ1v) is 6.23. The fourth-order valence-corrected chi connectivity index (χ4v) is 2.18. The molecule has 2 atom stereocenters. The van der Waals surface area contributed by atoms with E-state index in [-0.39, 0.29) is 12.5 Å². The van der Waals surface area contributed by atoms with Gasteiger partial charge in [0.05, 0.1) is 11.6 Å². The van der Waals surface area contributed by atoms with E-state index in [4.69, 9.17) is 0 Å². The Morgan fingerprint density at radius 2 is 2.33 bits per heavy atom. The number of carbonyl (C=O) groups is 1. The van der Waals surface area contributed by atoms with Gasteiger partial charge in [-0.1, -0.05) is 0 Å². The van der Waals surface area contributed by atoms with Crippen molar-refractivity contribution in [2.75, 3.05) is 13.1 Å². The van der Waals surface area contributed by atoms with Crippen LogP contribution in [0.2, 0.25) is 0 Å². The quantitative estimate of drug-likeness (QED) is 0.721. The van der Waals surface area contributed by atoms with Crippen molar-refractivity contribution in [2.45, 2.75) is 31.4 Å². The molecule has 5 nitrogen and oxygen atoms in total. The lowest BCUT2D eigenvalue weighted by Crippen LogP contribution is -2.51. The predicted molar refractivity (Wildman–Crippen MR) is 67.8 cm³/mol. The summed E-state index contributed by atoms with van der Waals surface area (Å²) < 4.78 is 0. The first kappa shape index (κ1) is 13.0. The summed E-state index contributed by atoms with van der Waals surface area (Å²) in [5.41, 5.74) is 0.271. The van der Waals surface area contributed by atoms with Gasteiger partial charge >= 0.3 is 0 Å². The molecule has 2 rings (SSSR count). The lowest BCUT2D eigenvalue weighted by Gasteiger charge is -2.24. The minimum absolute atomic E-state index is 0.0480. The van der Waals surface area contributed by atoms with E-state index in [1.54, 1.807) is 24.5 Å². The molecule has 0 bridgehead atoms. The van der Waals surface area contributed by atoms with E-state index in [2.05, 4.69) is 15.6 Å². The number of amides is 1. The van der Waals surface area contributed by atoms with Crippen molar-refractivity contribution < 1.29 is 9.90 Å². The highest BCUT2D eigenvalue weighted by Crippen LogP contribution is 2.19. The van der Waals surface area contributed by atoms with E-state index < -0.39 is 11.6 Å². The van der Waals surface area contributed by atoms with E-state index in [9.17, 15) is 9.90 Å². The number of aromatic nitrogens is 1. The predicted octanol–water partition coefficient (Wildman–Crippen LogP) is 0.373. The van der Waals surface area contributed by atoms with Gasteiger partial charge in [-0.2, -0.15) is 0 Å². The number of rotatable bonds is 4. The lowest BCUT2D eigenvalue weighted by atomic mass is 9.99. The Balaban J connectivity index is 1.86. The zero-order valence-corrected chi connectivity index (χ0v) is 10.5. The van der Waals surface area contributed by atoms with E-state index in [0.717, 1.165) is 24.9 Å². The minimum atomic E-state index is -0.693. The molecular weight excluding hydrogens is 230 g/mol. The highest BCUT2D eigenvalue weighted by atomic mass is 16.3. The van der Waals surface area contributed by atoms with E-state index >= 15 is 0 Å². The van der Waals surface area contributed by atoms with E-state index in [1.807, 2.05) is 6.92 Å². The summed E-state index contributed by atoms with van der Waals surface area (Å²) in [6.45, 7) is 2.99. The van der Waals surface area contributed by atoms with Gasteiger partial charge in [0.1, 0.15) is 0 Å². The molecule has 1 fully saturated rings. The number of nitrogens with one attached hydrogen (secondary N) is 2. The molecule has 98 valence electrons. The summed E-state index contributed by atoms with van der Waals surface area (Å²) in [4.78, 5) is 15.9. The molecule has 0 aromatic carbocycles. The Bertz CT molecular complexity index is 402. The maximum absolute atomic E-state index is 12.0. The van der Waals surface area contributed by atoms with Crippen LogP contribution in [-0.4, -0.2) is 34.6 Å². The molecule has 5 heteroatoms. The third-order valence-electron chi connectivity index (χ3n) is 3.42. The molecule has 1 aliphatic rings. The average molecular weight is 249 g/mol. The smallest absolute Gasteiger partial charge is 0.240 e. The van der Waals surface area contributed by atoms with Gasteiger partial charge < -0.3 is 15.7 Å². The second-order valence-corrected chi connectivity index (χ2v) is 4.87. The second kappa shape index (κ2) is 5.46. The Morgan fingerprint density at radius 3 is 2.94 bits per heavy atom. The number of hydrogen-bond donors (Lipinski definition) is 3. The van der Waals surface area contributed by atoms with E-state index in [0.29, 0.717) is 0 Å². The van der Waals surface area contributed by atoms with Crippen LogP contribution in [0, 0.1) is 0 Å². The van der Waals surface area contributed by atoms with Gasteiger partial charge in [0.25, 0.3) is 0 Å². The lowest BCUT2D eigenvalue weighted by molar-refractivity contribution is -0.127. The summed E-state index contributed by atoms with van der Waals surface area (Å²) in [6.07, 6.45) is 4.41. The highest BCUT2D eigenvalue weighted by molar-refractivity contribution is 5.86. The standard InChI is InChI=1S/C13H19N3O2/c1-13(5-2-6-16-13)12(18)15-9-11(17)10-3-7-14-8-4-10/h3-4,7-8,11,16-17H,2,5-6,9H2,1H3,(H,15,18). The molecule has 0 saturated carbocycles. The summed E-state index contributed by atoms with van der Waals surface area (Å²) in [6, 6.07) is 3.48. The minimum Gasteiger partial charge on any atom is -0.387 e. The van der Waals surface area contributed by atoms with Crippen LogP contribution in [0.1, 0.15) is 31.4 Å². The Hall–Kier alpha value is -1.46. The number of aliphatic hydroxyl groups excluding tert-OH is 1. The molecule has 1 saturated heterocycles. The van der Waals surface area contributed by atoms with Gasteiger partial charge in [-0.25, -0.2) is 0 Å². The van der Waals surface area contributed by atoms with Crippen molar-refractivity contribution in [3.63, 3.8) is 0 Å². The summed E-state index contributed by atoms with van der Waals surface area (Å²) in [5, 5.41) is 15.9. The summed E-state index contributed by atoms with van der Waals surface area (Å²) >= 11 is 0. The monoisotopic (exact) mass is 249 g/mol. The van der Waals surface area contributed by atoms with Crippen molar-refractivity contribution in [1.29, 1.82) is 0 Å². The first-order valence-electron chi connectivity index (χ1n) is 6.23. The maximum atomic E-state index is 12.0. The molecular formula is C13H19N3O2. The van der Waals surface area contributed by atoms with Crippen LogP contribution in [0.3, 0.4) is 0 Å². The van der Waals surface area contributed by atoms with Crippen LogP contribution < -0.4 is 10.6 Å². The molecule has 0 spiro atoms. The molecule has 1 aliphatic heterocycles. The topological polar surface area (TPSA) is 74.2 Å². The third kappa shape index (κ3) is 2.86. The van der Waals surface area contributed by atoms with Crippen molar-refractivity contribution in [3.8, 4) is 0 Å². The third-order valence-corrected chi connectivity index (χ3v) is 3.42. The van der Waals surface area contributed by atoms with Gasteiger partial charge in [-0.05, 0) is 44.0 Å².